The highest BCUT2D eigenvalue weighted by molar-refractivity contribution is 5.85. The van der Waals surface area contributed by atoms with E-state index in [-0.39, 0.29) is 11.6 Å². The molecule has 1 aliphatic heterocycles. The minimum absolute atomic E-state index is 0.0415. The Morgan fingerprint density at radius 3 is 2.49 bits per heavy atom. The molecule has 0 aliphatic carbocycles. The van der Waals surface area contributed by atoms with Gasteiger partial charge in [0, 0.05) is 43.0 Å². The van der Waals surface area contributed by atoms with Gasteiger partial charge in [-0.25, -0.2) is 19.3 Å². The van der Waals surface area contributed by atoms with Crippen LogP contribution in [0.4, 0.5) is 16.0 Å². The first kappa shape index (κ1) is 24.3. The van der Waals surface area contributed by atoms with E-state index in [2.05, 4.69) is 38.5 Å². The summed E-state index contributed by atoms with van der Waals surface area (Å²) < 4.78 is 21.5. The summed E-state index contributed by atoms with van der Waals surface area (Å²) in [6.45, 7) is 0. The summed E-state index contributed by atoms with van der Waals surface area (Å²) >= 11 is 0. The lowest BCUT2D eigenvalue weighted by Crippen LogP contribution is -2.34. The Hall–Kier alpha value is -5.08. The quantitative estimate of drug-likeness (QED) is 0.271. The predicted octanol–water partition coefficient (Wildman–Crippen LogP) is 6.38. The Morgan fingerprint density at radius 1 is 0.872 bits per heavy atom. The van der Waals surface area contributed by atoms with Gasteiger partial charge < -0.3 is 20.7 Å². The lowest BCUT2D eigenvalue weighted by Gasteiger charge is -2.35. The number of rotatable bonds is 6. The van der Waals surface area contributed by atoms with Gasteiger partial charge in [-0.1, -0.05) is 54.6 Å². The summed E-state index contributed by atoms with van der Waals surface area (Å²) in [6.07, 6.45) is 4.72. The van der Waals surface area contributed by atoms with Crippen LogP contribution < -0.4 is 20.7 Å². The summed E-state index contributed by atoms with van der Waals surface area (Å²) in [7, 11) is 1.74. The van der Waals surface area contributed by atoms with Crippen LogP contribution in [0.25, 0.3) is 16.8 Å². The van der Waals surface area contributed by atoms with Gasteiger partial charge in [-0.3, -0.25) is 0 Å². The molecule has 8 heteroatoms. The molecule has 39 heavy (non-hydrogen) atoms. The number of halogens is 1. The van der Waals surface area contributed by atoms with Gasteiger partial charge in [-0.05, 0) is 47.0 Å². The fourth-order valence-corrected chi connectivity index (χ4v) is 4.66. The molecule has 1 aliphatic rings. The maximum absolute atomic E-state index is 15.5. The number of hydrogen-bond acceptors (Lipinski definition) is 7. The first-order valence-electron chi connectivity index (χ1n) is 12.5. The lowest BCUT2D eigenvalue weighted by molar-refractivity contribution is 0.429. The van der Waals surface area contributed by atoms with Crippen LogP contribution in [0.3, 0.4) is 0 Å². The molecule has 0 spiro atoms. The minimum atomic E-state index is -0.538. The number of nitrogens with one attached hydrogen (secondary N) is 1. The number of nitrogens with two attached hydrogens (primary N) is 1. The van der Waals surface area contributed by atoms with Crippen molar-refractivity contribution in [3.05, 3.63) is 132 Å². The molecule has 3 heterocycles. The van der Waals surface area contributed by atoms with Gasteiger partial charge in [0.2, 0.25) is 11.8 Å². The van der Waals surface area contributed by atoms with E-state index in [1.807, 2.05) is 53.6 Å². The molecule has 3 aromatic carbocycles. The van der Waals surface area contributed by atoms with Crippen LogP contribution in [0.5, 0.6) is 11.6 Å². The molecule has 7 nitrogen and oxygen atoms in total. The third-order valence-electron chi connectivity index (χ3n) is 6.57. The van der Waals surface area contributed by atoms with E-state index in [9.17, 15) is 0 Å². The summed E-state index contributed by atoms with van der Waals surface area (Å²) in [5.74, 6) is 0.197. The van der Waals surface area contributed by atoms with Crippen molar-refractivity contribution in [1.29, 1.82) is 0 Å². The molecule has 6 rings (SSSR count). The first-order valence-corrected chi connectivity index (χ1v) is 12.5. The predicted molar refractivity (Wildman–Crippen MR) is 151 cm³/mol. The van der Waals surface area contributed by atoms with Crippen LogP contribution >= 0.6 is 0 Å². The third kappa shape index (κ3) is 4.69. The Balaban J connectivity index is 1.34. The van der Waals surface area contributed by atoms with Crippen LogP contribution in [0.1, 0.15) is 22.9 Å². The van der Waals surface area contributed by atoms with Crippen molar-refractivity contribution in [2.75, 3.05) is 17.3 Å². The summed E-state index contributed by atoms with van der Waals surface area (Å²) in [4.78, 5) is 14.8. The minimum Gasteiger partial charge on any atom is -0.435 e. The van der Waals surface area contributed by atoms with E-state index in [0.717, 1.165) is 22.3 Å². The number of hydrogen-bond donors (Lipinski definition) is 2. The van der Waals surface area contributed by atoms with Gasteiger partial charge in [-0.15, -0.1) is 0 Å². The van der Waals surface area contributed by atoms with Crippen LogP contribution in [-0.4, -0.2) is 22.0 Å². The fraction of sp³-hybridized carbons (Fsp3) is 0.0645. The van der Waals surface area contributed by atoms with E-state index in [1.54, 1.807) is 43.7 Å². The lowest BCUT2D eigenvalue weighted by atomic mass is 9.90. The van der Waals surface area contributed by atoms with E-state index in [1.165, 1.54) is 6.07 Å². The Morgan fingerprint density at radius 2 is 1.67 bits per heavy atom. The molecular formula is C31H25FN6O. The van der Waals surface area contributed by atoms with Crippen molar-refractivity contribution < 1.29 is 9.13 Å². The molecule has 2 aromatic heterocycles. The molecule has 1 unspecified atom stereocenters. The largest absolute Gasteiger partial charge is 0.435 e. The van der Waals surface area contributed by atoms with Gasteiger partial charge in [0.25, 0.3) is 0 Å². The van der Waals surface area contributed by atoms with Crippen LogP contribution in [0.2, 0.25) is 0 Å². The molecule has 0 fully saturated rings. The first-order chi connectivity index (χ1) is 19.1. The van der Waals surface area contributed by atoms with Crippen molar-refractivity contribution in [2.24, 2.45) is 5.73 Å². The number of fused-ring (bicyclic) bond motifs is 1. The molecule has 0 saturated heterocycles. The van der Waals surface area contributed by atoms with Crippen molar-refractivity contribution in [1.82, 2.24) is 15.0 Å². The molecule has 0 saturated carbocycles. The van der Waals surface area contributed by atoms with Gasteiger partial charge in [-0.2, -0.15) is 0 Å². The standard InChI is InChI=1S/C31H25FN6O/c1-34-31-36-17-15-27(37-31)24-12-7-16-35-30(24)39-28-14-13-21(18-26(28)32)38-19-25(20-8-3-2-4-9-20)22-10-5-6-11-23(22)29(38)33/h2-19,29H,33H2,1H3,(H,34,36,37). The topological polar surface area (TPSA) is 89.2 Å². The molecule has 0 bridgehead atoms. The molecule has 0 amide bonds. The number of ether oxygens (including phenoxy) is 1. The molecule has 192 valence electrons. The molecule has 3 N–H and O–H groups in total. The Bertz CT molecular complexity index is 1670. The van der Waals surface area contributed by atoms with Crippen molar-refractivity contribution in [2.45, 2.75) is 6.17 Å². The summed E-state index contributed by atoms with van der Waals surface area (Å²) in [5, 5.41) is 2.91. The maximum atomic E-state index is 15.5. The van der Waals surface area contributed by atoms with Crippen LogP contribution in [0.15, 0.2) is 110 Å². The Kier molecular flexibility index (Phi) is 6.44. The monoisotopic (exact) mass is 516 g/mol. The summed E-state index contributed by atoms with van der Waals surface area (Å²) in [5.41, 5.74) is 12.6. The molecular weight excluding hydrogens is 491 g/mol. The molecule has 1 atom stereocenters. The fourth-order valence-electron chi connectivity index (χ4n) is 4.66. The second kappa shape index (κ2) is 10.4. The zero-order valence-electron chi connectivity index (χ0n) is 21.1. The number of aromatic nitrogens is 3. The van der Waals surface area contributed by atoms with Crippen LogP contribution in [0, 0.1) is 5.82 Å². The normalized spacial score (nSPS) is 14.4. The smallest absolute Gasteiger partial charge is 0.228 e. The summed E-state index contributed by atoms with van der Waals surface area (Å²) in [6, 6.07) is 28.2. The van der Waals surface area contributed by atoms with Crippen LogP contribution in [-0.2, 0) is 0 Å². The highest BCUT2D eigenvalue weighted by Crippen LogP contribution is 2.40. The third-order valence-corrected chi connectivity index (χ3v) is 6.57. The SMILES string of the molecule is CNc1nccc(-c2cccnc2Oc2ccc(N3C=C(c4ccccc4)c4ccccc4C3N)cc2F)n1. The van der Waals surface area contributed by atoms with Crippen molar-refractivity contribution in [3.8, 4) is 22.9 Å². The average Bonchev–Trinajstić information content (AvgIpc) is 2.99. The van der Waals surface area contributed by atoms with Gasteiger partial charge in [0.05, 0.1) is 11.3 Å². The van der Waals surface area contributed by atoms with E-state index in [4.69, 9.17) is 10.5 Å². The van der Waals surface area contributed by atoms with Crippen molar-refractivity contribution in [3.63, 3.8) is 0 Å². The second-order valence-electron chi connectivity index (χ2n) is 8.94. The number of benzene rings is 3. The number of nitrogens with zero attached hydrogens (tertiary/aromatic N) is 4. The van der Waals surface area contributed by atoms with E-state index in [0.29, 0.717) is 22.9 Å². The highest BCUT2D eigenvalue weighted by atomic mass is 19.1. The van der Waals surface area contributed by atoms with Gasteiger partial charge in [0.1, 0.15) is 6.17 Å². The zero-order chi connectivity index (χ0) is 26.8. The maximum Gasteiger partial charge on any atom is 0.228 e. The zero-order valence-corrected chi connectivity index (χ0v) is 21.1. The molecule has 5 aromatic rings. The van der Waals surface area contributed by atoms with Gasteiger partial charge >= 0.3 is 0 Å². The van der Waals surface area contributed by atoms with Gasteiger partial charge in [0.15, 0.2) is 11.6 Å². The number of anilines is 2. The highest BCUT2D eigenvalue weighted by Gasteiger charge is 2.26. The Labute approximate surface area is 225 Å². The second-order valence-corrected chi connectivity index (χ2v) is 8.94. The van der Waals surface area contributed by atoms with Crippen molar-refractivity contribution >= 4 is 17.2 Å². The van der Waals surface area contributed by atoms with E-state index >= 15 is 4.39 Å². The number of pyridine rings is 1. The molecule has 0 radical (unpaired) electrons. The average molecular weight is 517 g/mol. The van der Waals surface area contributed by atoms with E-state index < -0.39 is 12.0 Å².